The van der Waals surface area contributed by atoms with Gasteiger partial charge in [0.1, 0.15) is 0 Å². The van der Waals surface area contributed by atoms with Crippen LogP contribution in [0, 0.1) is 11.8 Å². The highest BCUT2D eigenvalue weighted by Gasteiger charge is 2.35. The van der Waals surface area contributed by atoms with Gasteiger partial charge in [-0.15, -0.1) is 0 Å². The Labute approximate surface area is 93.5 Å². The Morgan fingerprint density at radius 1 is 1.20 bits per heavy atom. The zero-order valence-electron chi connectivity index (χ0n) is 10.1. The highest BCUT2D eigenvalue weighted by molar-refractivity contribution is 4.91. The number of nitrogens with one attached hydrogen (secondary N) is 1. The molecule has 0 aromatic heterocycles. The average molecular weight is 211 g/mol. The van der Waals surface area contributed by atoms with Crippen LogP contribution in [0.25, 0.3) is 0 Å². The quantitative estimate of drug-likeness (QED) is 0.748. The molecular weight excluding hydrogens is 186 g/mol. The summed E-state index contributed by atoms with van der Waals surface area (Å²) in [6, 6.07) is 0.719. The molecule has 0 unspecified atom stereocenters. The molecule has 2 aliphatic rings. The van der Waals surface area contributed by atoms with Gasteiger partial charge >= 0.3 is 0 Å². The van der Waals surface area contributed by atoms with Crippen molar-refractivity contribution < 1.29 is 5.11 Å². The van der Waals surface area contributed by atoms with E-state index in [9.17, 15) is 5.11 Å². The summed E-state index contributed by atoms with van der Waals surface area (Å²) in [6.07, 6.45) is 7.03. The van der Waals surface area contributed by atoms with E-state index in [0.717, 1.165) is 37.3 Å². The van der Waals surface area contributed by atoms with Crippen LogP contribution in [-0.4, -0.2) is 23.3 Å². The molecule has 0 radical (unpaired) electrons. The van der Waals surface area contributed by atoms with E-state index in [1.165, 1.54) is 25.7 Å². The Hall–Kier alpha value is -0.0800. The van der Waals surface area contributed by atoms with Crippen molar-refractivity contribution in [2.24, 2.45) is 11.8 Å². The van der Waals surface area contributed by atoms with Crippen LogP contribution < -0.4 is 5.32 Å². The third-order valence-corrected chi connectivity index (χ3v) is 4.20. The minimum atomic E-state index is -0.395. The summed E-state index contributed by atoms with van der Waals surface area (Å²) in [4.78, 5) is 0. The van der Waals surface area contributed by atoms with E-state index < -0.39 is 5.60 Å². The predicted octanol–water partition coefficient (Wildman–Crippen LogP) is 2.32. The molecule has 15 heavy (non-hydrogen) atoms. The number of hydrogen-bond donors (Lipinski definition) is 2. The maximum absolute atomic E-state index is 10.4. The molecule has 2 N–H and O–H groups in total. The SMILES string of the molecule is CC(C)[C@H]1CC[C@@](O)(CNC2CC2)CC1. The molecule has 0 heterocycles. The summed E-state index contributed by atoms with van der Waals surface area (Å²) < 4.78 is 0. The summed E-state index contributed by atoms with van der Waals surface area (Å²) >= 11 is 0. The van der Waals surface area contributed by atoms with Gasteiger partial charge in [-0.3, -0.25) is 0 Å². The van der Waals surface area contributed by atoms with Gasteiger partial charge in [-0.1, -0.05) is 13.8 Å². The smallest absolute Gasteiger partial charge is 0.0771 e. The van der Waals surface area contributed by atoms with E-state index in [4.69, 9.17) is 0 Å². The Bertz CT molecular complexity index is 203. The second-order valence-electron chi connectivity index (χ2n) is 5.96. The average Bonchev–Trinajstić information content (AvgIpc) is 2.99. The monoisotopic (exact) mass is 211 g/mol. The number of aliphatic hydroxyl groups is 1. The third-order valence-electron chi connectivity index (χ3n) is 4.20. The highest BCUT2D eigenvalue weighted by atomic mass is 16.3. The van der Waals surface area contributed by atoms with Crippen LogP contribution in [0.5, 0.6) is 0 Å². The lowest BCUT2D eigenvalue weighted by Gasteiger charge is -2.37. The van der Waals surface area contributed by atoms with Crippen molar-refractivity contribution in [3.63, 3.8) is 0 Å². The van der Waals surface area contributed by atoms with Gasteiger partial charge in [0, 0.05) is 12.6 Å². The van der Waals surface area contributed by atoms with Gasteiger partial charge in [-0.05, 0) is 50.4 Å². The van der Waals surface area contributed by atoms with Gasteiger partial charge in [-0.2, -0.15) is 0 Å². The molecule has 2 rings (SSSR count). The molecule has 2 aliphatic carbocycles. The van der Waals surface area contributed by atoms with Gasteiger partial charge in [-0.25, -0.2) is 0 Å². The van der Waals surface area contributed by atoms with Crippen molar-refractivity contribution in [1.82, 2.24) is 5.32 Å². The largest absolute Gasteiger partial charge is 0.389 e. The minimum absolute atomic E-state index is 0.395. The molecule has 2 fully saturated rings. The molecule has 2 saturated carbocycles. The number of hydrogen-bond acceptors (Lipinski definition) is 2. The highest BCUT2D eigenvalue weighted by Crippen LogP contribution is 2.35. The molecule has 88 valence electrons. The van der Waals surface area contributed by atoms with Crippen LogP contribution in [0.1, 0.15) is 52.4 Å². The fourth-order valence-corrected chi connectivity index (χ4v) is 2.64. The van der Waals surface area contributed by atoms with Crippen molar-refractivity contribution in [3.05, 3.63) is 0 Å². The fraction of sp³-hybridized carbons (Fsp3) is 1.00. The van der Waals surface area contributed by atoms with E-state index in [1.807, 2.05) is 0 Å². The van der Waals surface area contributed by atoms with Crippen LogP contribution in [-0.2, 0) is 0 Å². The third kappa shape index (κ3) is 3.18. The molecule has 0 atom stereocenters. The Morgan fingerprint density at radius 3 is 2.27 bits per heavy atom. The summed E-state index contributed by atoms with van der Waals surface area (Å²) in [7, 11) is 0. The van der Waals surface area contributed by atoms with Crippen molar-refractivity contribution in [2.75, 3.05) is 6.54 Å². The van der Waals surface area contributed by atoms with E-state index in [0.29, 0.717) is 0 Å². The first-order chi connectivity index (χ1) is 7.09. The standard InChI is InChI=1S/C13H25NO/c1-10(2)11-5-7-13(15,8-6-11)9-14-12-3-4-12/h10-12,14-15H,3-9H2,1-2H3/t11-,13-. The molecular formula is C13H25NO. The normalized spacial score (nSPS) is 37.2. The van der Waals surface area contributed by atoms with Crippen molar-refractivity contribution >= 4 is 0 Å². The van der Waals surface area contributed by atoms with Gasteiger partial charge in [0.15, 0.2) is 0 Å². The molecule has 0 saturated heterocycles. The molecule has 0 aliphatic heterocycles. The predicted molar refractivity (Wildman–Crippen MR) is 62.8 cm³/mol. The minimum Gasteiger partial charge on any atom is -0.389 e. The van der Waals surface area contributed by atoms with E-state index in [2.05, 4.69) is 19.2 Å². The van der Waals surface area contributed by atoms with Crippen molar-refractivity contribution in [2.45, 2.75) is 64.0 Å². The lowest BCUT2D eigenvalue weighted by molar-refractivity contribution is -0.0141. The second kappa shape index (κ2) is 4.42. The van der Waals surface area contributed by atoms with Gasteiger partial charge in [0.2, 0.25) is 0 Å². The number of rotatable bonds is 4. The Balaban J connectivity index is 1.74. The molecule has 0 bridgehead atoms. The maximum atomic E-state index is 10.4. The van der Waals surface area contributed by atoms with E-state index in [-0.39, 0.29) is 0 Å². The van der Waals surface area contributed by atoms with Crippen LogP contribution in [0.15, 0.2) is 0 Å². The van der Waals surface area contributed by atoms with Gasteiger partial charge in [0.05, 0.1) is 5.60 Å². The zero-order chi connectivity index (χ0) is 10.9. The van der Waals surface area contributed by atoms with Crippen molar-refractivity contribution in [3.8, 4) is 0 Å². The summed E-state index contributed by atoms with van der Waals surface area (Å²) in [6.45, 7) is 5.43. The van der Waals surface area contributed by atoms with Crippen LogP contribution in [0.2, 0.25) is 0 Å². The van der Waals surface area contributed by atoms with Gasteiger partial charge in [0.25, 0.3) is 0 Å². The fourth-order valence-electron chi connectivity index (χ4n) is 2.64. The lowest BCUT2D eigenvalue weighted by atomic mass is 9.74. The Morgan fingerprint density at radius 2 is 1.80 bits per heavy atom. The zero-order valence-corrected chi connectivity index (χ0v) is 10.1. The topological polar surface area (TPSA) is 32.3 Å². The molecule has 0 aromatic carbocycles. The van der Waals surface area contributed by atoms with Gasteiger partial charge < -0.3 is 10.4 Å². The molecule has 0 aromatic rings. The van der Waals surface area contributed by atoms with E-state index in [1.54, 1.807) is 0 Å². The van der Waals surface area contributed by atoms with Crippen molar-refractivity contribution in [1.29, 1.82) is 0 Å². The molecule has 0 amide bonds. The van der Waals surface area contributed by atoms with E-state index >= 15 is 0 Å². The Kier molecular flexibility index (Phi) is 3.36. The van der Waals surface area contributed by atoms with Crippen LogP contribution >= 0.6 is 0 Å². The summed E-state index contributed by atoms with van der Waals surface area (Å²) in [5, 5.41) is 13.8. The summed E-state index contributed by atoms with van der Waals surface area (Å²) in [5.41, 5.74) is -0.395. The molecule has 2 nitrogen and oxygen atoms in total. The van der Waals surface area contributed by atoms with Crippen LogP contribution in [0.4, 0.5) is 0 Å². The first-order valence-corrected chi connectivity index (χ1v) is 6.55. The first kappa shape index (κ1) is 11.4. The molecule has 0 spiro atoms. The molecule has 2 heteroatoms. The maximum Gasteiger partial charge on any atom is 0.0771 e. The first-order valence-electron chi connectivity index (χ1n) is 6.55. The lowest BCUT2D eigenvalue weighted by Crippen LogP contribution is -2.44. The van der Waals surface area contributed by atoms with Crippen LogP contribution in [0.3, 0.4) is 0 Å². The second-order valence-corrected chi connectivity index (χ2v) is 5.96. The summed E-state index contributed by atoms with van der Waals surface area (Å²) in [5.74, 6) is 1.62.